The van der Waals surface area contributed by atoms with Crippen LogP contribution in [-0.4, -0.2) is 56.5 Å². The third-order valence-corrected chi connectivity index (χ3v) is 7.29. The van der Waals surface area contributed by atoms with Crippen molar-refractivity contribution in [2.24, 2.45) is 4.99 Å². The minimum Gasteiger partial charge on any atom is -0.490 e. The topological polar surface area (TPSA) is 132 Å². The summed E-state index contributed by atoms with van der Waals surface area (Å²) >= 11 is 1.18. The van der Waals surface area contributed by atoms with Gasteiger partial charge in [-0.1, -0.05) is 29.5 Å². The van der Waals surface area contributed by atoms with E-state index in [1.165, 1.54) is 30.1 Å². The van der Waals surface area contributed by atoms with Crippen LogP contribution in [0.2, 0.25) is 0 Å². The molecule has 0 amide bonds. The van der Waals surface area contributed by atoms with E-state index in [0.29, 0.717) is 49.8 Å². The molecule has 0 radical (unpaired) electrons. The Hall–Kier alpha value is -4.71. The summed E-state index contributed by atoms with van der Waals surface area (Å²) in [6, 6.07) is 10.7. The van der Waals surface area contributed by atoms with Gasteiger partial charge < -0.3 is 23.7 Å². The lowest BCUT2D eigenvalue weighted by Gasteiger charge is -2.25. The maximum Gasteiger partial charge on any atom is 0.343 e. The van der Waals surface area contributed by atoms with Crippen LogP contribution in [0, 0.1) is 0 Å². The first-order chi connectivity index (χ1) is 20.2. The molecule has 11 nitrogen and oxygen atoms in total. The fraction of sp³-hybridized carbons (Fsp3) is 0.300. The van der Waals surface area contributed by atoms with Gasteiger partial charge in [0.15, 0.2) is 22.9 Å². The van der Waals surface area contributed by atoms with E-state index >= 15 is 0 Å². The summed E-state index contributed by atoms with van der Waals surface area (Å²) in [6.07, 6.45) is 1.70. The van der Waals surface area contributed by atoms with Crippen LogP contribution >= 0.6 is 11.3 Å². The van der Waals surface area contributed by atoms with Crippen molar-refractivity contribution < 1.29 is 38.1 Å². The van der Waals surface area contributed by atoms with E-state index in [9.17, 15) is 19.2 Å². The normalized spacial score (nSPS) is 14.5. The number of allylic oxidation sites excluding steroid dienone is 1. The van der Waals surface area contributed by atoms with Gasteiger partial charge in [0.25, 0.3) is 5.56 Å². The summed E-state index contributed by atoms with van der Waals surface area (Å²) in [5.41, 5.74) is 1.89. The van der Waals surface area contributed by atoms with E-state index in [2.05, 4.69) is 9.73 Å². The number of methoxy groups -OCH3 is 2. The van der Waals surface area contributed by atoms with E-state index in [0.717, 1.165) is 0 Å². The quantitative estimate of drug-likeness (QED) is 0.257. The van der Waals surface area contributed by atoms with Crippen molar-refractivity contribution in [1.29, 1.82) is 0 Å². The molecule has 1 aliphatic rings. The first kappa shape index (κ1) is 30.3. The number of carbonyl (C=O) groups is 3. The van der Waals surface area contributed by atoms with Gasteiger partial charge in [0.05, 0.1) is 54.8 Å². The van der Waals surface area contributed by atoms with Crippen LogP contribution in [0.1, 0.15) is 48.3 Å². The Kier molecular flexibility index (Phi) is 9.58. The summed E-state index contributed by atoms with van der Waals surface area (Å²) in [5, 5.41) is 0. The predicted octanol–water partition coefficient (Wildman–Crippen LogP) is 2.54. The molecule has 0 bridgehead atoms. The van der Waals surface area contributed by atoms with E-state index in [-0.39, 0.29) is 24.3 Å². The largest absolute Gasteiger partial charge is 0.490 e. The smallest absolute Gasteiger partial charge is 0.343 e. The molecule has 1 aromatic heterocycles. The van der Waals surface area contributed by atoms with Crippen molar-refractivity contribution in [3.8, 4) is 11.5 Å². The van der Waals surface area contributed by atoms with Crippen LogP contribution in [-0.2, 0) is 23.8 Å². The Balaban J connectivity index is 1.86. The van der Waals surface area contributed by atoms with Crippen molar-refractivity contribution in [3.63, 3.8) is 0 Å². The van der Waals surface area contributed by atoms with Crippen molar-refractivity contribution in [2.45, 2.75) is 26.8 Å². The van der Waals surface area contributed by atoms with Crippen molar-refractivity contribution in [2.75, 3.05) is 34.0 Å². The Morgan fingerprint density at radius 2 is 1.69 bits per heavy atom. The number of fused-ring (bicyclic) bond motifs is 1. The van der Waals surface area contributed by atoms with Gasteiger partial charge in [0.2, 0.25) is 0 Å². The molecule has 4 rings (SSSR count). The monoisotopic (exact) mass is 594 g/mol. The summed E-state index contributed by atoms with van der Waals surface area (Å²) < 4.78 is 28.0. The number of benzene rings is 2. The van der Waals surface area contributed by atoms with E-state index in [1.54, 1.807) is 69.3 Å². The molecule has 2 heterocycles. The van der Waals surface area contributed by atoms with Gasteiger partial charge in [-0.25, -0.2) is 19.4 Å². The van der Waals surface area contributed by atoms with Gasteiger partial charge in [0.1, 0.15) is 0 Å². The number of esters is 3. The Bertz CT molecular complexity index is 1720. The number of nitrogens with zero attached hydrogens (tertiary/aromatic N) is 2. The molecule has 220 valence electrons. The lowest BCUT2D eigenvalue weighted by molar-refractivity contribution is -0.143. The minimum absolute atomic E-state index is 0.138. The molecule has 0 aliphatic carbocycles. The number of rotatable bonds is 10. The highest BCUT2D eigenvalue weighted by Crippen LogP contribution is 2.36. The van der Waals surface area contributed by atoms with E-state index in [1.807, 2.05) is 0 Å². The van der Waals surface area contributed by atoms with Gasteiger partial charge in [-0.15, -0.1) is 0 Å². The second kappa shape index (κ2) is 13.3. The second-order valence-electron chi connectivity index (χ2n) is 8.92. The molecule has 42 heavy (non-hydrogen) atoms. The summed E-state index contributed by atoms with van der Waals surface area (Å²) in [5.74, 6) is -0.995. The second-order valence-corrected chi connectivity index (χ2v) is 9.93. The van der Waals surface area contributed by atoms with E-state index < -0.39 is 23.9 Å². The van der Waals surface area contributed by atoms with Crippen molar-refractivity contribution in [3.05, 3.63) is 90.1 Å². The molecular weight excluding hydrogens is 564 g/mol. The van der Waals surface area contributed by atoms with Crippen LogP contribution in [0.25, 0.3) is 6.08 Å². The molecule has 2 aromatic carbocycles. The maximum atomic E-state index is 13.9. The average Bonchev–Trinajstić information content (AvgIpc) is 3.29. The van der Waals surface area contributed by atoms with Crippen molar-refractivity contribution >= 4 is 35.3 Å². The number of carbonyl (C=O) groups excluding carboxylic acids is 3. The SMILES string of the molecule is CCOC(=O)C1=C(C)N=c2s/c(=C\c3ccc(C(=O)OC)cc3)c(=O)n2[C@H]1c1ccc(OCC(=O)OC)c(OCC)c1. The van der Waals surface area contributed by atoms with E-state index in [4.69, 9.17) is 18.9 Å². The number of aromatic nitrogens is 1. The molecular formula is C30H30N2O9S. The summed E-state index contributed by atoms with van der Waals surface area (Å²) in [6.45, 7) is 5.31. The molecule has 0 saturated heterocycles. The molecule has 1 aliphatic heterocycles. The Morgan fingerprint density at radius 1 is 0.952 bits per heavy atom. The van der Waals surface area contributed by atoms with Crippen LogP contribution in [0.15, 0.2) is 63.5 Å². The number of thiazole rings is 1. The van der Waals surface area contributed by atoms with Gasteiger partial charge in [-0.05, 0) is 62.2 Å². The lowest BCUT2D eigenvalue weighted by Crippen LogP contribution is -2.40. The Labute approximate surface area is 245 Å². The molecule has 0 spiro atoms. The first-order valence-electron chi connectivity index (χ1n) is 13.1. The highest BCUT2D eigenvalue weighted by atomic mass is 32.1. The van der Waals surface area contributed by atoms with Crippen LogP contribution in [0.5, 0.6) is 11.5 Å². The zero-order valence-electron chi connectivity index (χ0n) is 23.8. The van der Waals surface area contributed by atoms with Crippen molar-refractivity contribution in [1.82, 2.24) is 4.57 Å². The average molecular weight is 595 g/mol. The van der Waals surface area contributed by atoms with Gasteiger partial charge in [-0.2, -0.15) is 0 Å². The molecule has 0 unspecified atom stereocenters. The minimum atomic E-state index is -0.877. The predicted molar refractivity (Wildman–Crippen MR) is 153 cm³/mol. The highest BCUT2D eigenvalue weighted by molar-refractivity contribution is 7.07. The molecule has 1 atom stereocenters. The fourth-order valence-electron chi connectivity index (χ4n) is 4.37. The fourth-order valence-corrected chi connectivity index (χ4v) is 5.42. The molecule has 0 saturated carbocycles. The molecule has 12 heteroatoms. The first-order valence-corrected chi connectivity index (χ1v) is 13.9. The van der Waals surface area contributed by atoms with Crippen LogP contribution in [0.4, 0.5) is 0 Å². The highest BCUT2D eigenvalue weighted by Gasteiger charge is 2.34. The zero-order chi connectivity index (χ0) is 30.4. The third kappa shape index (κ3) is 6.28. The Morgan fingerprint density at radius 3 is 2.33 bits per heavy atom. The van der Waals surface area contributed by atoms with Crippen LogP contribution < -0.4 is 24.4 Å². The van der Waals surface area contributed by atoms with Gasteiger partial charge in [0, 0.05) is 0 Å². The van der Waals surface area contributed by atoms with Gasteiger partial charge >= 0.3 is 17.9 Å². The number of hydrogen-bond acceptors (Lipinski definition) is 11. The van der Waals surface area contributed by atoms with Gasteiger partial charge in [-0.3, -0.25) is 9.36 Å². The molecule has 0 N–H and O–H groups in total. The summed E-state index contributed by atoms with van der Waals surface area (Å²) in [4.78, 5) is 55.5. The summed E-state index contributed by atoms with van der Waals surface area (Å²) in [7, 11) is 2.57. The molecule has 0 fully saturated rings. The number of hydrogen-bond donors (Lipinski definition) is 0. The lowest BCUT2D eigenvalue weighted by atomic mass is 9.95. The number of ether oxygens (including phenoxy) is 5. The van der Waals surface area contributed by atoms with Crippen LogP contribution in [0.3, 0.4) is 0 Å². The third-order valence-electron chi connectivity index (χ3n) is 6.30. The zero-order valence-corrected chi connectivity index (χ0v) is 24.6. The standard InChI is InChI=1S/C30H30N2O9S/c1-6-39-22-15-20(12-13-21(22)41-16-24(33)37-4)26-25(29(36)40-7-2)17(3)31-30-32(26)27(34)23(42-30)14-18-8-10-19(11-9-18)28(35)38-5/h8-15,26H,6-7,16H2,1-5H3/b23-14-/t26-/m0/s1. The maximum absolute atomic E-state index is 13.9. The molecule has 3 aromatic rings.